The molecular weight excluding hydrogens is 439 g/mol. The van der Waals surface area contributed by atoms with Crippen LogP contribution in [0, 0.1) is 5.92 Å². The molecule has 1 saturated heterocycles. The number of urea groups is 1. The summed E-state index contributed by atoms with van der Waals surface area (Å²) in [6.07, 6.45) is -0.459. The van der Waals surface area contributed by atoms with E-state index in [1.54, 1.807) is 24.3 Å². The van der Waals surface area contributed by atoms with Gasteiger partial charge in [0.05, 0.1) is 5.69 Å². The number of halogens is 3. The molecule has 1 spiro atoms. The van der Waals surface area contributed by atoms with Crippen LogP contribution in [-0.2, 0) is 22.3 Å². The Morgan fingerprint density at radius 2 is 1.85 bits per heavy atom. The van der Waals surface area contributed by atoms with Crippen LogP contribution in [0.2, 0.25) is 0 Å². The van der Waals surface area contributed by atoms with E-state index in [2.05, 4.69) is 22.7 Å². The van der Waals surface area contributed by atoms with E-state index in [1.165, 1.54) is 6.20 Å². The van der Waals surface area contributed by atoms with Gasteiger partial charge >= 0.3 is 12.2 Å². The molecule has 0 atom stereocenters. The molecule has 0 radical (unpaired) electrons. The van der Waals surface area contributed by atoms with E-state index in [1.807, 2.05) is 0 Å². The Bertz CT molecular complexity index is 1060. The molecule has 1 aromatic carbocycles. The number of aromatic nitrogens is 2. The van der Waals surface area contributed by atoms with Crippen molar-refractivity contribution < 1.29 is 27.6 Å². The SMILES string of the molecule is CC1CCC2(CC1)NC(=O)N(CC(=O)NCc1ccc(-n3ccc(C(F)(F)F)n3)cc1)C2=O. The van der Waals surface area contributed by atoms with Crippen LogP contribution in [-0.4, -0.2) is 44.6 Å². The highest BCUT2D eigenvalue weighted by Crippen LogP contribution is 2.36. The third kappa shape index (κ3) is 4.71. The van der Waals surface area contributed by atoms with Gasteiger partial charge in [0.2, 0.25) is 5.91 Å². The molecule has 4 rings (SSSR count). The van der Waals surface area contributed by atoms with Gasteiger partial charge in [-0.05, 0) is 55.4 Å². The summed E-state index contributed by atoms with van der Waals surface area (Å²) in [5.74, 6) is -0.328. The van der Waals surface area contributed by atoms with Gasteiger partial charge in [0, 0.05) is 12.7 Å². The Kier molecular flexibility index (Phi) is 5.89. The maximum absolute atomic E-state index is 12.8. The second-order valence-electron chi connectivity index (χ2n) is 8.67. The van der Waals surface area contributed by atoms with Crippen molar-refractivity contribution in [2.75, 3.05) is 6.54 Å². The Hall–Kier alpha value is -3.37. The first-order valence-corrected chi connectivity index (χ1v) is 10.7. The zero-order chi connectivity index (χ0) is 23.8. The highest BCUT2D eigenvalue weighted by Gasteiger charge is 2.52. The van der Waals surface area contributed by atoms with Crippen LogP contribution in [0.25, 0.3) is 5.69 Å². The van der Waals surface area contributed by atoms with Gasteiger partial charge in [0.1, 0.15) is 12.1 Å². The fourth-order valence-electron chi connectivity index (χ4n) is 4.20. The fourth-order valence-corrected chi connectivity index (χ4v) is 4.20. The Labute approximate surface area is 188 Å². The van der Waals surface area contributed by atoms with Crippen molar-refractivity contribution in [3.8, 4) is 5.69 Å². The van der Waals surface area contributed by atoms with E-state index >= 15 is 0 Å². The monoisotopic (exact) mass is 463 g/mol. The summed E-state index contributed by atoms with van der Waals surface area (Å²) in [6, 6.07) is 6.81. The van der Waals surface area contributed by atoms with Crippen molar-refractivity contribution in [2.45, 2.75) is 50.9 Å². The molecule has 0 bridgehead atoms. The van der Waals surface area contributed by atoms with Crippen LogP contribution in [0.5, 0.6) is 0 Å². The normalized spacial score (nSPS) is 23.2. The van der Waals surface area contributed by atoms with Gasteiger partial charge < -0.3 is 10.6 Å². The van der Waals surface area contributed by atoms with Crippen molar-refractivity contribution in [2.24, 2.45) is 5.92 Å². The van der Waals surface area contributed by atoms with Crippen molar-refractivity contribution in [3.63, 3.8) is 0 Å². The zero-order valence-electron chi connectivity index (χ0n) is 18.0. The lowest BCUT2D eigenvalue weighted by atomic mass is 9.77. The van der Waals surface area contributed by atoms with Crippen molar-refractivity contribution >= 4 is 17.8 Å². The quantitative estimate of drug-likeness (QED) is 0.667. The Morgan fingerprint density at radius 1 is 1.18 bits per heavy atom. The molecule has 2 fully saturated rings. The summed E-state index contributed by atoms with van der Waals surface area (Å²) in [6.45, 7) is 1.88. The van der Waals surface area contributed by atoms with E-state index in [9.17, 15) is 27.6 Å². The average Bonchev–Trinajstić information content (AvgIpc) is 3.35. The van der Waals surface area contributed by atoms with Gasteiger partial charge in [-0.15, -0.1) is 0 Å². The predicted octanol–water partition coefficient (Wildman–Crippen LogP) is 3.01. The van der Waals surface area contributed by atoms with Gasteiger partial charge in [0.15, 0.2) is 5.69 Å². The first kappa shape index (κ1) is 22.8. The third-order valence-corrected chi connectivity index (χ3v) is 6.25. The number of carbonyl (C=O) groups excluding carboxylic acids is 3. The number of hydrogen-bond donors (Lipinski definition) is 2. The van der Waals surface area contributed by atoms with Gasteiger partial charge in [-0.2, -0.15) is 18.3 Å². The minimum atomic E-state index is -4.52. The van der Waals surface area contributed by atoms with Crippen molar-refractivity contribution in [1.29, 1.82) is 0 Å². The lowest BCUT2D eigenvalue weighted by molar-refractivity contribution is -0.141. The summed E-state index contributed by atoms with van der Waals surface area (Å²) in [5.41, 5.74) is -0.737. The second kappa shape index (κ2) is 8.53. The smallest absolute Gasteiger partial charge is 0.350 e. The van der Waals surface area contributed by atoms with E-state index in [4.69, 9.17) is 0 Å². The van der Waals surface area contributed by atoms with Gasteiger partial charge in [-0.25, -0.2) is 9.48 Å². The minimum absolute atomic E-state index is 0.137. The number of nitrogens with one attached hydrogen (secondary N) is 2. The lowest BCUT2D eigenvalue weighted by Crippen LogP contribution is -2.49. The van der Waals surface area contributed by atoms with E-state index in [0.717, 1.165) is 28.5 Å². The Morgan fingerprint density at radius 3 is 2.45 bits per heavy atom. The zero-order valence-corrected chi connectivity index (χ0v) is 18.0. The van der Waals surface area contributed by atoms with E-state index < -0.39 is 29.3 Å². The first-order chi connectivity index (χ1) is 15.6. The number of carbonyl (C=O) groups is 3. The number of rotatable bonds is 5. The molecule has 1 aliphatic carbocycles. The molecule has 0 unspecified atom stereocenters. The lowest BCUT2D eigenvalue weighted by Gasteiger charge is -2.33. The second-order valence-corrected chi connectivity index (χ2v) is 8.67. The van der Waals surface area contributed by atoms with Crippen LogP contribution in [0.3, 0.4) is 0 Å². The Balaban J connectivity index is 1.31. The molecule has 1 saturated carbocycles. The van der Waals surface area contributed by atoms with Crippen LogP contribution in [0.15, 0.2) is 36.5 Å². The number of benzene rings is 1. The standard InChI is InChI=1S/C22H24F3N5O3/c1-14-6-9-21(10-7-14)19(32)29(20(33)27-21)13-18(31)26-12-15-2-4-16(5-3-15)30-11-8-17(28-30)22(23,24)25/h2-5,8,11,14H,6-7,9-10,12-13H2,1H3,(H,26,31)(H,27,33). The summed E-state index contributed by atoms with van der Waals surface area (Å²) < 4.78 is 39.2. The third-order valence-electron chi connectivity index (χ3n) is 6.25. The number of hydrogen-bond acceptors (Lipinski definition) is 4. The van der Waals surface area contributed by atoms with Gasteiger partial charge in [0.25, 0.3) is 5.91 Å². The molecular formula is C22H24F3N5O3. The highest BCUT2D eigenvalue weighted by atomic mass is 19.4. The molecule has 33 heavy (non-hydrogen) atoms. The molecule has 2 aromatic rings. The topological polar surface area (TPSA) is 96.3 Å². The van der Waals surface area contributed by atoms with Crippen molar-refractivity contribution in [1.82, 2.24) is 25.3 Å². The molecule has 2 N–H and O–H groups in total. The fraction of sp³-hybridized carbons (Fsp3) is 0.455. The van der Waals surface area contributed by atoms with Crippen LogP contribution < -0.4 is 10.6 Å². The summed E-state index contributed by atoms with van der Waals surface area (Å²) in [4.78, 5) is 38.5. The predicted molar refractivity (Wildman–Crippen MR) is 111 cm³/mol. The number of nitrogens with zero attached hydrogens (tertiary/aromatic N) is 3. The number of amides is 4. The molecule has 1 aliphatic heterocycles. The van der Waals surface area contributed by atoms with E-state index in [0.29, 0.717) is 30.0 Å². The van der Waals surface area contributed by atoms with Crippen LogP contribution in [0.4, 0.5) is 18.0 Å². The van der Waals surface area contributed by atoms with Gasteiger partial charge in [-0.1, -0.05) is 19.1 Å². The maximum atomic E-state index is 12.8. The van der Waals surface area contributed by atoms with Crippen LogP contribution >= 0.6 is 0 Å². The minimum Gasteiger partial charge on any atom is -0.350 e. The van der Waals surface area contributed by atoms with Gasteiger partial charge in [-0.3, -0.25) is 14.5 Å². The molecule has 4 amide bonds. The first-order valence-electron chi connectivity index (χ1n) is 10.7. The molecule has 176 valence electrons. The highest BCUT2D eigenvalue weighted by molar-refractivity contribution is 6.09. The maximum Gasteiger partial charge on any atom is 0.435 e. The number of alkyl halides is 3. The summed E-state index contributed by atoms with van der Waals surface area (Å²) >= 11 is 0. The molecule has 8 nitrogen and oxygen atoms in total. The summed E-state index contributed by atoms with van der Waals surface area (Å²) in [7, 11) is 0. The molecule has 2 aliphatic rings. The molecule has 11 heteroatoms. The van der Waals surface area contributed by atoms with E-state index in [-0.39, 0.29) is 19.0 Å². The molecule has 1 aromatic heterocycles. The summed E-state index contributed by atoms with van der Waals surface area (Å²) in [5, 5.41) is 8.96. The average molecular weight is 463 g/mol. The van der Waals surface area contributed by atoms with Crippen LogP contribution in [0.1, 0.15) is 43.9 Å². The molecule has 2 heterocycles. The largest absolute Gasteiger partial charge is 0.435 e. The number of imide groups is 1. The van der Waals surface area contributed by atoms with Crippen molar-refractivity contribution in [3.05, 3.63) is 47.8 Å².